The number of hydrogen-bond acceptors (Lipinski definition) is 4. The van der Waals surface area contributed by atoms with Crippen LogP contribution in [0.5, 0.6) is 5.75 Å². The van der Waals surface area contributed by atoms with Gasteiger partial charge in [0.1, 0.15) is 5.75 Å². The van der Waals surface area contributed by atoms with Crippen molar-refractivity contribution in [3.8, 4) is 5.75 Å². The van der Waals surface area contributed by atoms with E-state index in [0.29, 0.717) is 19.0 Å². The molecule has 1 amide bonds. The van der Waals surface area contributed by atoms with Crippen molar-refractivity contribution in [2.75, 3.05) is 24.6 Å². The Balaban J connectivity index is 1.64. The molecule has 0 radical (unpaired) electrons. The highest BCUT2D eigenvalue weighted by Gasteiger charge is 2.16. The summed E-state index contributed by atoms with van der Waals surface area (Å²) < 4.78 is 0. The normalized spacial score (nSPS) is 19.1. The number of carbonyl (C=O) groups excluding carboxylic acids is 1. The molecule has 19 heavy (non-hydrogen) atoms. The third-order valence-corrected chi connectivity index (χ3v) is 4.23. The van der Waals surface area contributed by atoms with Crippen molar-refractivity contribution >= 4 is 17.7 Å². The fraction of sp³-hybridized carbons (Fsp3) is 0.500. The zero-order valence-electron chi connectivity index (χ0n) is 10.9. The first-order valence-electron chi connectivity index (χ1n) is 6.60. The van der Waals surface area contributed by atoms with E-state index in [9.17, 15) is 9.90 Å². The summed E-state index contributed by atoms with van der Waals surface area (Å²) in [6.45, 7) is 1.64. The molecule has 2 rings (SSSR count). The topological polar surface area (TPSA) is 61.4 Å². The van der Waals surface area contributed by atoms with Gasteiger partial charge in [-0.2, -0.15) is 11.8 Å². The summed E-state index contributed by atoms with van der Waals surface area (Å²) in [5.41, 5.74) is 1.12. The van der Waals surface area contributed by atoms with E-state index < -0.39 is 0 Å². The summed E-state index contributed by atoms with van der Waals surface area (Å²) in [6.07, 6.45) is 1.35. The number of amides is 1. The van der Waals surface area contributed by atoms with Crippen molar-refractivity contribution in [1.82, 2.24) is 10.6 Å². The summed E-state index contributed by atoms with van der Waals surface area (Å²) in [6, 6.07) is 7.40. The molecule has 1 fully saturated rings. The van der Waals surface area contributed by atoms with Gasteiger partial charge in [0.2, 0.25) is 5.91 Å². The second kappa shape index (κ2) is 7.40. The lowest BCUT2D eigenvalue weighted by Gasteiger charge is -2.22. The minimum absolute atomic E-state index is 0.110. The maximum absolute atomic E-state index is 11.8. The Bertz CT molecular complexity index is 402. The Morgan fingerprint density at radius 2 is 2.21 bits per heavy atom. The van der Waals surface area contributed by atoms with Crippen molar-refractivity contribution in [1.29, 1.82) is 0 Å². The summed E-state index contributed by atoms with van der Waals surface area (Å²) in [5.74, 6) is 2.54. The maximum atomic E-state index is 11.8. The minimum Gasteiger partial charge on any atom is -0.508 e. The van der Waals surface area contributed by atoms with Crippen LogP contribution in [0, 0.1) is 0 Å². The molecule has 0 spiro atoms. The van der Waals surface area contributed by atoms with Gasteiger partial charge >= 0.3 is 0 Å². The highest BCUT2D eigenvalue weighted by atomic mass is 32.2. The smallest absolute Gasteiger partial charge is 0.221 e. The molecule has 1 heterocycles. The monoisotopic (exact) mass is 280 g/mol. The van der Waals surface area contributed by atoms with E-state index in [-0.39, 0.29) is 11.7 Å². The van der Waals surface area contributed by atoms with E-state index in [0.717, 1.165) is 30.0 Å². The second-order valence-electron chi connectivity index (χ2n) is 4.70. The molecule has 0 aromatic heterocycles. The van der Waals surface area contributed by atoms with Gasteiger partial charge in [0.15, 0.2) is 0 Å². The predicted octanol–water partition coefficient (Wildman–Crippen LogP) is 1.15. The number of thioether (sulfide) groups is 1. The molecule has 1 aliphatic heterocycles. The Morgan fingerprint density at radius 1 is 1.42 bits per heavy atom. The van der Waals surface area contributed by atoms with Gasteiger partial charge in [-0.3, -0.25) is 4.79 Å². The quantitative estimate of drug-likeness (QED) is 0.757. The van der Waals surface area contributed by atoms with Crippen molar-refractivity contribution in [2.24, 2.45) is 0 Å². The van der Waals surface area contributed by atoms with Gasteiger partial charge in [0.25, 0.3) is 0 Å². The molecule has 1 aromatic carbocycles. The molecular weight excluding hydrogens is 260 g/mol. The predicted molar refractivity (Wildman–Crippen MR) is 78.6 cm³/mol. The highest BCUT2D eigenvalue weighted by Crippen LogP contribution is 2.11. The van der Waals surface area contributed by atoms with Gasteiger partial charge in [0, 0.05) is 37.1 Å². The van der Waals surface area contributed by atoms with Gasteiger partial charge in [-0.25, -0.2) is 0 Å². The van der Waals surface area contributed by atoms with E-state index in [4.69, 9.17) is 0 Å². The third-order valence-electron chi connectivity index (χ3n) is 3.10. The molecule has 0 saturated carbocycles. The fourth-order valence-corrected chi connectivity index (χ4v) is 3.00. The molecule has 1 atom stereocenters. The summed E-state index contributed by atoms with van der Waals surface area (Å²) in [7, 11) is 0. The van der Waals surface area contributed by atoms with E-state index in [1.54, 1.807) is 12.1 Å². The van der Waals surface area contributed by atoms with Crippen molar-refractivity contribution in [3.05, 3.63) is 29.8 Å². The first-order valence-corrected chi connectivity index (χ1v) is 7.75. The van der Waals surface area contributed by atoms with Crippen LogP contribution < -0.4 is 10.6 Å². The Kier molecular flexibility index (Phi) is 5.54. The molecule has 3 N–H and O–H groups in total. The number of benzene rings is 1. The summed E-state index contributed by atoms with van der Waals surface area (Å²) in [4.78, 5) is 11.8. The van der Waals surface area contributed by atoms with Crippen LogP contribution in [0.3, 0.4) is 0 Å². The van der Waals surface area contributed by atoms with Crippen LogP contribution >= 0.6 is 11.8 Å². The van der Waals surface area contributed by atoms with E-state index in [1.807, 2.05) is 23.9 Å². The van der Waals surface area contributed by atoms with Gasteiger partial charge in [0.05, 0.1) is 0 Å². The van der Waals surface area contributed by atoms with E-state index in [1.165, 1.54) is 0 Å². The summed E-state index contributed by atoms with van der Waals surface area (Å²) >= 11 is 1.90. The van der Waals surface area contributed by atoms with Crippen LogP contribution in [0.1, 0.15) is 12.0 Å². The Labute approximate surface area is 118 Å². The van der Waals surface area contributed by atoms with Crippen molar-refractivity contribution in [2.45, 2.75) is 18.9 Å². The Hall–Kier alpha value is -1.20. The molecule has 1 aromatic rings. The van der Waals surface area contributed by atoms with Crippen LogP contribution in [-0.2, 0) is 11.2 Å². The number of aromatic hydroxyl groups is 1. The molecule has 0 aliphatic carbocycles. The lowest BCUT2D eigenvalue weighted by atomic mass is 10.1. The van der Waals surface area contributed by atoms with Crippen LogP contribution in [0.2, 0.25) is 0 Å². The van der Waals surface area contributed by atoms with E-state index >= 15 is 0 Å². The number of hydrogen-bond donors (Lipinski definition) is 3. The second-order valence-corrected chi connectivity index (χ2v) is 5.85. The SMILES string of the molecule is O=C(CC1CSCCN1)NCCc1ccc(O)cc1. The Morgan fingerprint density at radius 3 is 2.89 bits per heavy atom. The van der Waals surface area contributed by atoms with Gasteiger partial charge in [-0.05, 0) is 24.1 Å². The van der Waals surface area contributed by atoms with Gasteiger partial charge < -0.3 is 15.7 Å². The molecule has 1 saturated heterocycles. The third kappa shape index (κ3) is 5.12. The van der Waals surface area contributed by atoms with Crippen LogP contribution in [-0.4, -0.2) is 41.7 Å². The molecule has 0 bridgehead atoms. The van der Waals surface area contributed by atoms with E-state index in [2.05, 4.69) is 10.6 Å². The number of carbonyl (C=O) groups is 1. The number of rotatable bonds is 5. The van der Waals surface area contributed by atoms with Crippen LogP contribution in [0.25, 0.3) is 0 Å². The number of nitrogens with one attached hydrogen (secondary N) is 2. The fourth-order valence-electron chi connectivity index (χ4n) is 2.06. The summed E-state index contributed by atoms with van der Waals surface area (Å²) in [5, 5.41) is 15.5. The van der Waals surface area contributed by atoms with Gasteiger partial charge in [-0.1, -0.05) is 12.1 Å². The molecule has 1 aliphatic rings. The highest BCUT2D eigenvalue weighted by molar-refractivity contribution is 7.99. The van der Waals surface area contributed by atoms with Crippen molar-refractivity contribution in [3.63, 3.8) is 0 Å². The lowest BCUT2D eigenvalue weighted by molar-refractivity contribution is -0.121. The molecule has 104 valence electrons. The molecule has 1 unspecified atom stereocenters. The lowest BCUT2D eigenvalue weighted by Crippen LogP contribution is -2.41. The molecular formula is C14H20N2O2S. The molecule has 4 nitrogen and oxygen atoms in total. The number of phenolic OH excluding ortho intramolecular Hbond substituents is 1. The first kappa shape index (κ1) is 14.2. The van der Waals surface area contributed by atoms with Crippen molar-refractivity contribution < 1.29 is 9.90 Å². The van der Waals surface area contributed by atoms with Crippen LogP contribution in [0.15, 0.2) is 24.3 Å². The first-order chi connectivity index (χ1) is 9.24. The number of phenols is 1. The zero-order chi connectivity index (χ0) is 13.5. The maximum Gasteiger partial charge on any atom is 0.221 e. The standard InChI is InChI=1S/C14H20N2O2S/c17-13-3-1-11(2-4-13)5-6-16-14(18)9-12-10-19-8-7-15-12/h1-4,12,15,17H,5-10H2,(H,16,18). The average molecular weight is 280 g/mol. The average Bonchev–Trinajstić information content (AvgIpc) is 2.42. The zero-order valence-corrected chi connectivity index (χ0v) is 11.7. The van der Waals surface area contributed by atoms with Crippen LogP contribution in [0.4, 0.5) is 0 Å². The largest absolute Gasteiger partial charge is 0.508 e. The molecule has 5 heteroatoms. The van der Waals surface area contributed by atoms with Gasteiger partial charge in [-0.15, -0.1) is 0 Å². The minimum atomic E-state index is 0.110.